The van der Waals surface area contributed by atoms with Gasteiger partial charge in [0.25, 0.3) is 5.69 Å². The van der Waals surface area contributed by atoms with E-state index in [0.29, 0.717) is 5.95 Å². The first-order chi connectivity index (χ1) is 21.4. The maximum Gasteiger partial charge on any atom is 0.273 e. The molecule has 3 aliphatic carbocycles. The molecule has 44 heavy (non-hydrogen) atoms. The first-order valence-corrected chi connectivity index (χ1v) is 14.1. The molecular formula is C33H24N6O5. The highest BCUT2D eigenvalue weighted by Crippen LogP contribution is 2.64. The van der Waals surface area contributed by atoms with E-state index in [2.05, 4.69) is 20.5 Å². The van der Waals surface area contributed by atoms with Crippen molar-refractivity contribution < 1.29 is 19.2 Å². The second kappa shape index (κ2) is 9.33. The van der Waals surface area contributed by atoms with Crippen LogP contribution in [0.15, 0.2) is 96.1 Å². The number of H-pyrrole nitrogens is 1. The Bertz CT molecular complexity index is 1990. The van der Waals surface area contributed by atoms with Crippen molar-refractivity contribution in [3.63, 3.8) is 0 Å². The molecule has 2 N–H and O–H groups in total. The number of nitro groups is 1. The van der Waals surface area contributed by atoms with Crippen LogP contribution in [-0.4, -0.2) is 40.0 Å². The maximum absolute atomic E-state index is 14.6. The fraction of sp³-hybridized carbons (Fsp3) is 0.152. The number of imide groups is 1. The summed E-state index contributed by atoms with van der Waals surface area (Å²) in [6.07, 6.45) is 1.73. The number of hydrogen-bond donors (Lipinski definition) is 2. The van der Waals surface area contributed by atoms with Crippen molar-refractivity contribution in [1.29, 1.82) is 0 Å². The van der Waals surface area contributed by atoms with Crippen molar-refractivity contribution in [2.24, 2.45) is 16.9 Å². The zero-order valence-electron chi connectivity index (χ0n) is 23.3. The van der Waals surface area contributed by atoms with Crippen LogP contribution in [-0.2, 0) is 15.0 Å². The van der Waals surface area contributed by atoms with Crippen LogP contribution >= 0.6 is 0 Å². The molecule has 4 aliphatic rings. The largest absolute Gasteiger partial charge is 0.494 e. The molecule has 1 aromatic heterocycles. The van der Waals surface area contributed by atoms with E-state index in [9.17, 15) is 19.7 Å². The number of carbonyl (C=O) groups excluding carboxylic acids is 2. The highest BCUT2D eigenvalue weighted by molar-refractivity contribution is 6.25. The number of fused-ring (bicyclic) bond motifs is 1. The minimum Gasteiger partial charge on any atom is -0.494 e. The molecule has 2 heterocycles. The molecule has 1 fully saturated rings. The van der Waals surface area contributed by atoms with E-state index in [4.69, 9.17) is 4.74 Å². The lowest BCUT2D eigenvalue weighted by atomic mass is 9.47. The molecule has 4 aromatic carbocycles. The third-order valence-electron chi connectivity index (χ3n) is 9.13. The van der Waals surface area contributed by atoms with Crippen LogP contribution in [0.2, 0.25) is 0 Å². The molecule has 2 bridgehead atoms. The summed E-state index contributed by atoms with van der Waals surface area (Å²) in [7, 11) is 1.36. The maximum atomic E-state index is 14.6. The molecular weight excluding hydrogens is 560 g/mol. The van der Waals surface area contributed by atoms with Gasteiger partial charge in [-0.05, 0) is 40.5 Å². The average Bonchev–Trinajstić information content (AvgIpc) is 3.58. The number of aromatic amines is 1. The molecule has 9 rings (SSSR count). The highest BCUT2D eigenvalue weighted by Gasteiger charge is 2.68. The van der Waals surface area contributed by atoms with Crippen molar-refractivity contribution >= 4 is 46.4 Å². The number of methoxy groups -OCH3 is 1. The molecule has 1 aliphatic heterocycles. The van der Waals surface area contributed by atoms with Gasteiger partial charge >= 0.3 is 0 Å². The summed E-state index contributed by atoms with van der Waals surface area (Å²) >= 11 is 0. The minimum absolute atomic E-state index is 0.0659. The molecule has 2 amide bonds. The number of carbonyl (C=O) groups is 2. The highest BCUT2D eigenvalue weighted by atomic mass is 16.6. The predicted octanol–water partition coefficient (Wildman–Crippen LogP) is 5.13. The number of ether oxygens (including phenoxy) is 1. The van der Waals surface area contributed by atoms with Crippen molar-refractivity contribution in [3.05, 3.63) is 123 Å². The quantitative estimate of drug-likeness (QED) is 0.122. The van der Waals surface area contributed by atoms with Crippen molar-refractivity contribution in [3.8, 4) is 5.75 Å². The monoisotopic (exact) mass is 584 g/mol. The number of anilines is 2. The van der Waals surface area contributed by atoms with Crippen molar-refractivity contribution in [2.75, 3.05) is 17.4 Å². The zero-order valence-corrected chi connectivity index (χ0v) is 23.3. The fourth-order valence-corrected chi connectivity index (χ4v) is 7.45. The number of aromatic nitrogens is 2. The van der Waals surface area contributed by atoms with E-state index >= 15 is 0 Å². The van der Waals surface area contributed by atoms with Gasteiger partial charge in [0.15, 0.2) is 0 Å². The number of hydrazone groups is 1. The molecule has 11 heteroatoms. The number of benzene rings is 4. The Kier molecular flexibility index (Phi) is 5.48. The Labute approximate surface area is 250 Å². The zero-order chi connectivity index (χ0) is 30.2. The Hall–Kier alpha value is -5.84. The van der Waals surface area contributed by atoms with Crippen LogP contribution in [0, 0.1) is 22.0 Å². The molecule has 5 aromatic rings. The number of rotatable bonds is 6. The lowest BCUT2D eigenvalue weighted by Gasteiger charge is -2.52. The van der Waals surface area contributed by atoms with Crippen LogP contribution in [0.4, 0.5) is 17.3 Å². The molecule has 2 atom stereocenters. The van der Waals surface area contributed by atoms with Gasteiger partial charge in [-0.2, -0.15) is 5.10 Å². The second-order valence-corrected chi connectivity index (χ2v) is 11.1. The van der Waals surface area contributed by atoms with Gasteiger partial charge in [-0.25, -0.2) is 15.3 Å². The Balaban J connectivity index is 1.31. The van der Waals surface area contributed by atoms with Crippen LogP contribution < -0.4 is 15.1 Å². The Morgan fingerprint density at radius 3 is 2.34 bits per heavy atom. The number of amides is 2. The molecule has 11 nitrogen and oxygen atoms in total. The van der Waals surface area contributed by atoms with Crippen LogP contribution in [0.1, 0.15) is 28.2 Å². The van der Waals surface area contributed by atoms with Gasteiger partial charge in [0.2, 0.25) is 17.8 Å². The van der Waals surface area contributed by atoms with E-state index in [-0.39, 0.29) is 28.9 Å². The van der Waals surface area contributed by atoms with Gasteiger partial charge in [-0.3, -0.25) is 19.7 Å². The van der Waals surface area contributed by atoms with E-state index in [1.54, 1.807) is 6.21 Å². The van der Waals surface area contributed by atoms with Gasteiger partial charge in [0.1, 0.15) is 5.75 Å². The van der Waals surface area contributed by atoms with Crippen LogP contribution in [0.25, 0.3) is 11.0 Å². The average molecular weight is 585 g/mol. The van der Waals surface area contributed by atoms with Crippen LogP contribution in [0.5, 0.6) is 5.75 Å². The van der Waals surface area contributed by atoms with Crippen molar-refractivity contribution in [2.45, 2.75) is 11.3 Å². The molecule has 0 radical (unpaired) electrons. The van der Waals surface area contributed by atoms with Gasteiger partial charge in [-0.15, -0.1) is 0 Å². The first-order valence-electron chi connectivity index (χ1n) is 14.1. The molecule has 1 saturated heterocycles. The minimum atomic E-state index is -1.10. The van der Waals surface area contributed by atoms with E-state index in [0.717, 1.165) is 38.2 Å². The number of imidazole rings is 1. The first kappa shape index (κ1) is 25.8. The Morgan fingerprint density at radius 2 is 1.66 bits per heavy atom. The van der Waals surface area contributed by atoms with Gasteiger partial charge < -0.3 is 9.72 Å². The van der Waals surface area contributed by atoms with Gasteiger partial charge in [-0.1, -0.05) is 60.7 Å². The number of non-ortho nitro benzene ring substituents is 1. The molecule has 216 valence electrons. The standard InChI is InChI=1S/C33H24N6O5/c1-44-26-16-18(39(42)43)14-15-25(26)38-30(40)28-27-19-8-2-4-10-21(19)33(29(28)31(38)41,22-11-5-3-9-20(22)27)17-34-37-32-35-23-12-6-7-13-24(23)36-32/h2-17,27-29H,1H3,(H2,35,36,37)/b34-17-/t27?,28-,29+,33?/m0/s1. The summed E-state index contributed by atoms with van der Waals surface area (Å²) in [5, 5.41) is 16.1. The molecule has 0 unspecified atom stereocenters. The summed E-state index contributed by atoms with van der Waals surface area (Å²) in [6, 6.07) is 27.3. The normalized spacial score (nSPS) is 23.1. The number of nitrogens with one attached hydrogen (secondary N) is 2. The van der Waals surface area contributed by atoms with Crippen molar-refractivity contribution in [1.82, 2.24) is 9.97 Å². The fourth-order valence-electron chi connectivity index (χ4n) is 7.45. The summed E-state index contributed by atoms with van der Waals surface area (Å²) in [5.74, 6) is -2.23. The van der Waals surface area contributed by atoms with E-state index < -0.39 is 28.1 Å². The topological polar surface area (TPSA) is 143 Å². The number of para-hydroxylation sites is 2. The van der Waals surface area contributed by atoms with E-state index in [1.165, 1.54) is 25.3 Å². The summed E-state index contributed by atoms with van der Waals surface area (Å²) in [4.78, 5) is 48.8. The summed E-state index contributed by atoms with van der Waals surface area (Å²) in [6.45, 7) is 0. The number of hydrogen-bond acceptors (Lipinski definition) is 8. The van der Waals surface area contributed by atoms with Gasteiger partial charge in [0, 0.05) is 18.2 Å². The Morgan fingerprint density at radius 1 is 0.977 bits per heavy atom. The second-order valence-electron chi connectivity index (χ2n) is 11.1. The summed E-state index contributed by atoms with van der Waals surface area (Å²) < 4.78 is 5.46. The smallest absolute Gasteiger partial charge is 0.273 e. The molecule has 0 spiro atoms. The number of nitrogens with zero attached hydrogens (tertiary/aromatic N) is 4. The van der Waals surface area contributed by atoms with Gasteiger partial charge in [0.05, 0.1) is 52.1 Å². The summed E-state index contributed by atoms with van der Waals surface area (Å²) in [5.41, 5.74) is 7.23. The SMILES string of the molecule is COc1cc([N+](=O)[O-])ccc1N1C(=O)[C@H]2C3c4ccccc4C(/C=N\Nc4nc5ccccc5[nH]4)(c4ccccc43)[C@H]2C1=O. The molecule has 0 saturated carbocycles. The van der Waals surface area contributed by atoms with Crippen LogP contribution in [0.3, 0.4) is 0 Å². The predicted molar refractivity (Wildman–Crippen MR) is 163 cm³/mol. The lowest BCUT2D eigenvalue weighted by Crippen LogP contribution is -2.54. The van der Waals surface area contributed by atoms with E-state index in [1.807, 2.05) is 72.8 Å². The third kappa shape index (κ3) is 3.37. The lowest BCUT2D eigenvalue weighted by molar-refractivity contribution is -0.384. The number of nitro benzene ring substituents is 1. The third-order valence-corrected chi connectivity index (χ3v) is 9.13.